The van der Waals surface area contributed by atoms with Crippen LogP contribution in [0, 0.1) is 0 Å². The van der Waals surface area contributed by atoms with Crippen molar-refractivity contribution in [3.05, 3.63) is 47.5 Å². The first-order valence-electron chi connectivity index (χ1n) is 5.24. The summed E-state index contributed by atoms with van der Waals surface area (Å²) in [6.45, 7) is 0. The summed E-state index contributed by atoms with van der Waals surface area (Å²) < 4.78 is 10.7. The molecule has 0 saturated heterocycles. The Morgan fingerprint density at radius 1 is 0.882 bits per heavy atom. The molecule has 0 saturated carbocycles. The second-order valence-electron chi connectivity index (χ2n) is 3.52. The summed E-state index contributed by atoms with van der Waals surface area (Å²) in [7, 11) is 3.24. The van der Waals surface area contributed by atoms with Crippen molar-refractivity contribution in [2.45, 2.75) is 0 Å². The Morgan fingerprint density at radius 2 is 1.59 bits per heavy atom. The maximum Gasteiger partial charge on any atom is 0.149 e. The lowest BCUT2D eigenvalue weighted by Crippen LogP contribution is -1.93. The van der Waals surface area contributed by atoms with Crippen molar-refractivity contribution >= 4 is 11.6 Å². The Hall–Kier alpha value is -1.67. The van der Waals surface area contributed by atoms with Crippen LogP contribution < -0.4 is 9.47 Å². The number of halogens is 1. The summed E-state index contributed by atoms with van der Waals surface area (Å²) in [6, 6.07) is 13.5. The minimum Gasteiger partial charge on any atom is -0.496 e. The van der Waals surface area contributed by atoms with Gasteiger partial charge in [0.05, 0.1) is 24.8 Å². The van der Waals surface area contributed by atoms with Gasteiger partial charge in [0.1, 0.15) is 11.5 Å². The van der Waals surface area contributed by atoms with E-state index in [1.54, 1.807) is 20.3 Å². The van der Waals surface area contributed by atoms with E-state index in [9.17, 15) is 0 Å². The highest BCUT2D eigenvalue weighted by atomic mass is 35.5. The molecule has 88 valence electrons. The minimum absolute atomic E-state index is 0.576. The zero-order valence-electron chi connectivity index (χ0n) is 9.74. The van der Waals surface area contributed by atoms with Gasteiger partial charge in [-0.2, -0.15) is 0 Å². The van der Waals surface area contributed by atoms with Crippen molar-refractivity contribution in [3.63, 3.8) is 0 Å². The predicted molar refractivity (Wildman–Crippen MR) is 70.0 cm³/mol. The Morgan fingerprint density at radius 3 is 2.18 bits per heavy atom. The number of methoxy groups -OCH3 is 2. The number of rotatable bonds is 3. The van der Waals surface area contributed by atoms with Gasteiger partial charge in [0.15, 0.2) is 0 Å². The SMILES string of the molecule is COc1ccc(Cl)c(OC)c1-c1ccccc1. The topological polar surface area (TPSA) is 18.5 Å². The highest BCUT2D eigenvalue weighted by Gasteiger charge is 2.15. The van der Waals surface area contributed by atoms with Crippen LogP contribution in [0.4, 0.5) is 0 Å². The van der Waals surface area contributed by atoms with E-state index in [-0.39, 0.29) is 0 Å². The fourth-order valence-electron chi connectivity index (χ4n) is 1.79. The molecule has 2 rings (SSSR count). The first kappa shape index (κ1) is 11.8. The quantitative estimate of drug-likeness (QED) is 0.817. The Bertz CT molecular complexity index is 509. The molecule has 2 nitrogen and oxygen atoms in total. The second kappa shape index (κ2) is 5.11. The molecular formula is C14H13ClO2. The molecule has 0 aliphatic heterocycles. The molecule has 0 fully saturated rings. The zero-order valence-corrected chi connectivity index (χ0v) is 10.5. The van der Waals surface area contributed by atoms with Crippen LogP contribution in [0.3, 0.4) is 0 Å². The molecule has 0 bridgehead atoms. The highest BCUT2D eigenvalue weighted by molar-refractivity contribution is 6.32. The largest absolute Gasteiger partial charge is 0.496 e. The monoisotopic (exact) mass is 248 g/mol. The van der Waals surface area contributed by atoms with E-state index in [4.69, 9.17) is 21.1 Å². The van der Waals surface area contributed by atoms with Crippen molar-refractivity contribution in [2.24, 2.45) is 0 Å². The van der Waals surface area contributed by atoms with Crippen LogP contribution in [0.25, 0.3) is 11.1 Å². The normalized spacial score (nSPS) is 10.1. The molecule has 17 heavy (non-hydrogen) atoms. The average molecular weight is 249 g/mol. The fourth-order valence-corrected chi connectivity index (χ4v) is 2.02. The van der Waals surface area contributed by atoms with E-state index >= 15 is 0 Å². The molecule has 2 aromatic rings. The van der Waals surface area contributed by atoms with Crippen LogP contribution in [-0.2, 0) is 0 Å². The molecule has 0 unspecified atom stereocenters. The first-order valence-corrected chi connectivity index (χ1v) is 5.61. The van der Waals surface area contributed by atoms with E-state index in [1.165, 1.54) is 0 Å². The van der Waals surface area contributed by atoms with Crippen LogP contribution >= 0.6 is 11.6 Å². The summed E-state index contributed by atoms with van der Waals surface area (Å²) >= 11 is 6.13. The van der Waals surface area contributed by atoms with Crippen molar-refractivity contribution in [1.29, 1.82) is 0 Å². The van der Waals surface area contributed by atoms with Crippen molar-refractivity contribution in [1.82, 2.24) is 0 Å². The molecule has 0 N–H and O–H groups in total. The summed E-state index contributed by atoms with van der Waals surface area (Å²) in [6.07, 6.45) is 0. The highest BCUT2D eigenvalue weighted by Crippen LogP contribution is 2.42. The number of benzene rings is 2. The van der Waals surface area contributed by atoms with Crippen molar-refractivity contribution in [3.8, 4) is 22.6 Å². The Labute approximate surface area is 106 Å². The van der Waals surface area contributed by atoms with Gasteiger partial charge in [-0.3, -0.25) is 0 Å². The Balaban J connectivity index is 2.69. The molecule has 0 aliphatic carbocycles. The standard InChI is InChI=1S/C14H13ClO2/c1-16-12-9-8-11(15)14(17-2)13(12)10-6-4-3-5-7-10/h3-9H,1-2H3. The smallest absolute Gasteiger partial charge is 0.149 e. The van der Waals surface area contributed by atoms with Crippen molar-refractivity contribution < 1.29 is 9.47 Å². The van der Waals surface area contributed by atoms with Gasteiger partial charge in [0.25, 0.3) is 0 Å². The lowest BCUT2D eigenvalue weighted by molar-refractivity contribution is 0.397. The van der Waals surface area contributed by atoms with Crippen LogP contribution in [0.1, 0.15) is 0 Å². The summed E-state index contributed by atoms with van der Waals surface area (Å²) in [5, 5.41) is 0.576. The first-order chi connectivity index (χ1) is 8.27. The molecule has 0 radical (unpaired) electrons. The Kier molecular flexibility index (Phi) is 3.55. The number of ether oxygens (including phenoxy) is 2. The van der Waals surface area contributed by atoms with Gasteiger partial charge in [-0.05, 0) is 17.7 Å². The summed E-state index contributed by atoms with van der Waals surface area (Å²) in [5.74, 6) is 1.38. The van der Waals surface area contributed by atoms with E-state index < -0.39 is 0 Å². The van der Waals surface area contributed by atoms with Gasteiger partial charge in [-0.1, -0.05) is 41.9 Å². The van der Waals surface area contributed by atoms with E-state index in [2.05, 4.69) is 0 Å². The third-order valence-corrected chi connectivity index (χ3v) is 2.86. The van der Waals surface area contributed by atoms with Gasteiger partial charge in [0.2, 0.25) is 0 Å². The van der Waals surface area contributed by atoms with Crippen molar-refractivity contribution in [2.75, 3.05) is 14.2 Å². The van der Waals surface area contributed by atoms with Gasteiger partial charge >= 0.3 is 0 Å². The van der Waals surface area contributed by atoms with Gasteiger partial charge in [0, 0.05) is 0 Å². The molecule has 2 aromatic carbocycles. The lowest BCUT2D eigenvalue weighted by atomic mass is 10.0. The van der Waals surface area contributed by atoms with Crippen LogP contribution in [0.15, 0.2) is 42.5 Å². The zero-order chi connectivity index (χ0) is 12.3. The van der Waals surface area contributed by atoms with Gasteiger partial charge < -0.3 is 9.47 Å². The molecule has 0 amide bonds. The molecule has 0 atom stereocenters. The molecule has 0 aliphatic rings. The predicted octanol–water partition coefficient (Wildman–Crippen LogP) is 4.02. The molecule has 0 heterocycles. The van der Waals surface area contributed by atoms with E-state index in [0.29, 0.717) is 10.8 Å². The average Bonchev–Trinajstić information content (AvgIpc) is 2.39. The third kappa shape index (κ3) is 2.22. The van der Waals surface area contributed by atoms with E-state index in [1.807, 2.05) is 36.4 Å². The molecule has 3 heteroatoms. The molecule has 0 spiro atoms. The molecule has 0 aromatic heterocycles. The summed E-state index contributed by atoms with van der Waals surface area (Å²) in [4.78, 5) is 0. The van der Waals surface area contributed by atoms with Crippen LogP contribution in [0.5, 0.6) is 11.5 Å². The van der Waals surface area contributed by atoms with Crippen LogP contribution in [-0.4, -0.2) is 14.2 Å². The second-order valence-corrected chi connectivity index (χ2v) is 3.93. The van der Waals surface area contributed by atoms with Gasteiger partial charge in [-0.15, -0.1) is 0 Å². The third-order valence-electron chi connectivity index (χ3n) is 2.56. The van der Waals surface area contributed by atoms with E-state index in [0.717, 1.165) is 16.9 Å². The minimum atomic E-state index is 0.576. The fraction of sp³-hybridized carbons (Fsp3) is 0.143. The number of hydrogen-bond acceptors (Lipinski definition) is 2. The lowest BCUT2D eigenvalue weighted by Gasteiger charge is -2.14. The molecular weight excluding hydrogens is 236 g/mol. The maximum atomic E-state index is 6.13. The maximum absolute atomic E-state index is 6.13. The number of hydrogen-bond donors (Lipinski definition) is 0. The van der Waals surface area contributed by atoms with Crippen LogP contribution in [0.2, 0.25) is 5.02 Å². The summed E-state index contributed by atoms with van der Waals surface area (Å²) in [5.41, 5.74) is 1.90. The van der Waals surface area contributed by atoms with Gasteiger partial charge in [-0.25, -0.2) is 0 Å².